The number of aromatic nitrogens is 1. The van der Waals surface area contributed by atoms with Crippen LogP contribution in [0.2, 0.25) is 5.02 Å². The second-order valence-corrected chi connectivity index (χ2v) is 8.63. The van der Waals surface area contributed by atoms with E-state index in [0.29, 0.717) is 47.7 Å². The Morgan fingerprint density at radius 3 is 2.61 bits per heavy atom. The van der Waals surface area contributed by atoms with Crippen molar-refractivity contribution in [2.75, 3.05) is 31.1 Å². The molecule has 0 N–H and O–H groups in total. The number of benzene rings is 3. The molecular formula is C24H19ClFN3OS. The van der Waals surface area contributed by atoms with E-state index in [1.54, 1.807) is 4.90 Å². The maximum absolute atomic E-state index is 15.7. The number of hydrogen-bond donors (Lipinski definition) is 0. The zero-order valence-corrected chi connectivity index (χ0v) is 18.2. The molecule has 5 rings (SSSR count). The smallest absolute Gasteiger partial charge is 0.246 e. The van der Waals surface area contributed by atoms with Crippen LogP contribution in [0.1, 0.15) is 0 Å². The van der Waals surface area contributed by atoms with Crippen molar-refractivity contribution in [3.05, 3.63) is 72.0 Å². The molecule has 31 heavy (non-hydrogen) atoms. The molecule has 1 fully saturated rings. The number of anilines is 1. The summed E-state index contributed by atoms with van der Waals surface area (Å²) in [6.45, 7) is 6.04. The Morgan fingerprint density at radius 2 is 1.84 bits per heavy atom. The second-order valence-electron chi connectivity index (χ2n) is 7.47. The molecule has 1 aliphatic rings. The summed E-state index contributed by atoms with van der Waals surface area (Å²) in [4.78, 5) is 15.7. The van der Waals surface area contributed by atoms with Crippen LogP contribution in [-0.2, 0) is 4.79 Å². The topological polar surface area (TPSA) is 36.4 Å². The molecule has 3 aromatic carbocycles. The summed E-state index contributed by atoms with van der Waals surface area (Å²) >= 11 is 7.92. The zero-order valence-electron chi connectivity index (χ0n) is 16.6. The number of carbonyl (C=O) groups excluding carboxylic acids is 1. The molecule has 0 atom stereocenters. The van der Waals surface area contributed by atoms with Gasteiger partial charge in [0.15, 0.2) is 5.82 Å². The molecule has 0 unspecified atom stereocenters. The lowest BCUT2D eigenvalue weighted by Gasteiger charge is -2.34. The minimum absolute atomic E-state index is 0.0670. The van der Waals surface area contributed by atoms with Crippen LogP contribution in [0.3, 0.4) is 0 Å². The Hall–Kier alpha value is -2.96. The van der Waals surface area contributed by atoms with Crippen molar-refractivity contribution >= 4 is 55.7 Å². The van der Waals surface area contributed by atoms with E-state index in [2.05, 4.69) is 15.9 Å². The molecule has 7 heteroatoms. The predicted molar refractivity (Wildman–Crippen MR) is 127 cm³/mol. The maximum atomic E-state index is 15.7. The molecule has 4 nitrogen and oxygen atoms in total. The first-order valence-electron chi connectivity index (χ1n) is 10.0. The molecule has 1 aliphatic heterocycles. The van der Waals surface area contributed by atoms with Gasteiger partial charge in [0.2, 0.25) is 5.91 Å². The van der Waals surface area contributed by atoms with Gasteiger partial charge in [-0.3, -0.25) is 4.79 Å². The molecule has 0 saturated carbocycles. The third kappa shape index (κ3) is 3.36. The van der Waals surface area contributed by atoms with E-state index in [4.69, 9.17) is 11.6 Å². The lowest BCUT2D eigenvalue weighted by atomic mass is 9.97. The van der Waals surface area contributed by atoms with Gasteiger partial charge >= 0.3 is 0 Å². The fourth-order valence-electron chi connectivity index (χ4n) is 4.18. The Balaban J connectivity index is 1.56. The normalized spacial score (nSPS) is 14.4. The Kier molecular flexibility index (Phi) is 5.12. The molecule has 0 spiro atoms. The van der Waals surface area contributed by atoms with Gasteiger partial charge in [-0.1, -0.05) is 60.6 Å². The van der Waals surface area contributed by atoms with E-state index in [9.17, 15) is 4.79 Å². The number of fused-ring (bicyclic) bond motifs is 2. The molecule has 1 aromatic heterocycles. The van der Waals surface area contributed by atoms with E-state index >= 15 is 4.39 Å². The van der Waals surface area contributed by atoms with Gasteiger partial charge in [-0.15, -0.1) is 0 Å². The Bertz CT molecular complexity index is 1320. The average molecular weight is 452 g/mol. The van der Waals surface area contributed by atoms with Crippen LogP contribution in [0.4, 0.5) is 9.39 Å². The minimum atomic E-state index is -0.401. The molecule has 1 saturated heterocycles. The first-order valence-corrected chi connectivity index (χ1v) is 11.2. The number of carbonyl (C=O) groups is 1. The molecule has 156 valence electrons. The van der Waals surface area contributed by atoms with Crippen LogP contribution in [0, 0.1) is 5.82 Å². The van der Waals surface area contributed by atoms with Crippen molar-refractivity contribution in [1.82, 2.24) is 9.27 Å². The first-order chi connectivity index (χ1) is 15.1. The SMILES string of the molecule is C=CC(=O)N1CCN(c2snc3c(F)c(-c4cccc5ccccc45)c(Cl)cc23)CC1. The van der Waals surface area contributed by atoms with Crippen LogP contribution in [-0.4, -0.2) is 41.4 Å². The summed E-state index contributed by atoms with van der Waals surface area (Å²) in [6.07, 6.45) is 1.34. The maximum Gasteiger partial charge on any atom is 0.246 e. The molecular weight excluding hydrogens is 433 g/mol. The van der Waals surface area contributed by atoms with E-state index < -0.39 is 5.82 Å². The van der Waals surface area contributed by atoms with Crippen molar-refractivity contribution in [1.29, 1.82) is 0 Å². The third-order valence-corrected chi connectivity index (χ3v) is 6.98. The van der Waals surface area contributed by atoms with Gasteiger partial charge < -0.3 is 9.80 Å². The summed E-state index contributed by atoms with van der Waals surface area (Å²) in [5, 5.41) is 3.93. The van der Waals surface area contributed by atoms with Gasteiger partial charge in [-0.05, 0) is 40.0 Å². The molecule has 0 radical (unpaired) electrons. The summed E-state index contributed by atoms with van der Waals surface area (Å²) in [6, 6.07) is 15.5. The number of rotatable bonds is 3. The van der Waals surface area contributed by atoms with E-state index in [0.717, 1.165) is 21.3 Å². The molecule has 4 aromatic rings. The quantitative estimate of drug-likeness (QED) is 0.372. The second kappa shape index (κ2) is 7.94. The van der Waals surface area contributed by atoms with Crippen molar-refractivity contribution < 1.29 is 9.18 Å². The Morgan fingerprint density at radius 1 is 1.10 bits per heavy atom. The lowest BCUT2D eigenvalue weighted by Crippen LogP contribution is -2.48. The van der Waals surface area contributed by atoms with Crippen LogP contribution in [0.5, 0.6) is 0 Å². The van der Waals surface area contributed by atoms with E-state index in [1.807, 2.05) is 48.5 Å². The van der Waals surface area contributed by atoms with Gasteiger partial charge in [0.25, 0.3) is 0 Å². The number of amides is 1. The summed E-state index contributed by atoms with van der Waals surface area (Å²) < 4.78 is 20.2. The van der Waals surface area contributed by atoms with Crippen LogP contribution >= 0.6 is 23.1 Å². The third-order valence-electron chi connectivity index (χ3n) is 5.76. The molecule has 0 bridgehead atoms. The lowest BCUT2D eigenvalue weighted by molar-refractivity contribution is -0.126. The zero-order chi connectivity index (χ0) is 21.5. The number of hydrogen-bond acceptors (Lipinski definition) is 4. The van der Waals surface area contributed by atoms with Crippen molar-refractivity contribution in [3.8, 4) is 11.1 Å². The standard InChI is InChI=1S/C24H19ClFN3OS/c1-2-20(30)28-10-12-29(13-11-28)24-18-14-19(25)21(22(26)23(18)27-31-24)17-9-5-7-15-6-3-4-8-16(15)17/h2-9,14H,1,10-13H2. The first kappa shape index (κ1) is 20.0. The highest BCUT2D eigenvalue weighted by Crippen LogP contribution is 2.42. The highest BCUT2D eigenvalue weighted by molar-refractivity contribution is 7.11. The van der Waals surface area contributed by atoms with Crippen LogP contribution in [0.25, 0.3) is 32.8 Å². The minimum Gasteiger partial charge on any atom is -0.358 e. The van der Waals surface area contributed by atoms with Crippen molar-refractivity contribution in [2.45, 2.75) is 0 Å². The molecule has 1 amide bonds. The highest BCUT2D eigenvalue weighted by atomic mass is 35.5. The van der Waals surface area contributed by atoms with Crippen LogP contribution in [0.15, 0.2) is 61.2 Å². The van der Waals surface area contributed by atoms with E-state index in [-0.39, 0.29) is 5.91 Å². The number of nitrogens with zero attached hydrogens (tertiary/aromatic N) is 3. The van der Waals surface area contributed by atoms with Crippen molar-refractivity contribution in [3.63, 3.8) is 0 Å². The van der Waals surface area contributed by atoms with E-state index in [1.165, 1.54) is 17.6 Å². The number of halogens is 2. The molecule has 0 aliphatic carbocycles. The van der Waals surface area contributed by atoms with Gasteiger partial charge in [0.1, 0.15) is 10.5 Å². The molecule has 2 heterocycles. The largest absolute Gasteiger partial charge is 0.358 e. The summed E-state index contributed by atoms with van der Waals surface area (Å²) in [5.41, 5.74) is 1.47. The summed E-state index contributed by atoms with van der Waals surface area (Å²) in [5.74, 6) is -0.468. The van der Waals surface area contributed by atoms with Gasteiger partial charge in [-0.2, -0.15) is 4.37 Å². The van der Waals surface area contributed by atoms with Crippen molar-refractivity contribution in [2.24, 2.45) is 0 Å². The number of piperazine rings is 1. The van der Waals surface area contributed by atoms with Crippen LogP contribution < -0.4 is 4.90 Å². The van der Waals surface area contributed by atoms with Gasteiger partial charge in [0, 0.05) is 37.1 Å². The monoisotopic (exact) mass is 451 g/mol. The summed E-state index contributed by atoms with van der Waals surface area (Å²) in [7, 11) is 0. The average Bonchev–Trinajstić information content (AvgIpc) is 3.23. The van der Waals surface area contributed by atoms with Gasteiger partial charge in [-0.25, -0.2) is 4.39 Å². The Labute approximate surface area is 188 Å². The highest BCUT2D eigenvalue weighted by Gasteiger charge is 2.25. The fraction of sp³-hybridized carbons (Fsp3) is 0.167. The van der Waals surface area contributed by atoms with Gasteiger partial charge in [0.05, 0.1) is 5.02 Å². The predicted octanol–water partition coefficient (Wildman–Crippen LogP) is 5.74. The fourth-order valence-corrected chi connectivity index (χ4v) is 5.38.